The monoisotopic (exact) mass is 384 g/mol. The Hall–Kier alpha value is -3.79. The molecule has 0 amide bonds. The van der Waals surface area contributed by atoms with E-state index < -0.39 is 5.97 Å². The summed E-state index contributed by atoms with van der Waals surface area (Å²) in [6.07, 6.45) is 3.49. The van der Waals surface area contributed by atoms with Crippen molar-refractivity contribution < 1.29 is 19.0 Å². The Labute approximate surface area is 169 Å². The van der Waals surface area contributed by atoms with Gasteiger partial charge in [0.05, 0.1) is 19.8 Å². The Bertz CT molecular complexity index is 1090. The van der Waals surface area contributed by atoms with Gasteiger partial charge < -0.3 is 14.2 Å². The van der Waals surface area contributed by atoms with Crippen LogP contribution in [0.25, 0.3) is 23.0 Å². The zero-order valence-electron chi connectivity index (χ0n) is 16.2. The Morgan fingerprint density at radius 2 is 1.45 bits per heavy atom. The van der Waals surface area contributed by atoms with Gasteiger partial charge in [-0.1, -0.05) is 66.7 Å². The van der Waals surface area contributed by atoms with Crippen LogP contribution in [0.3, 0.4) is 0 Å². The van der Waals surface area contributed by atoms with E-state index in [4.69, 9.17) is 14.2 Å². The summed E-state index contributed by atoms with van der Waals surface area (Å²) < 4.78 is 16.2. The molecule has 0 aromatic heterocycles. The number of para-hydroxylation sites is 1. The van der Waals surface area contributed by atoms with Gasteiger partial charge in [0.15, 0.2) is 11.5 Å². The first-order valence-electron chi connectivity index (χ1n) is 9.22. The second-order valence-corrected chi connectivity index (χ2v) is 6.52. The lowest BCUT2D eigenvalue weighted by molar-refractivity contribution is -0.130. The fourth-order valence-corrected chi connectivity index (χ4v) is 3.28. The lowest BCUT2D eigenvalue weighted by Gasteiger charge is -2.10. The number of ether oxygens (including phenoxy) is 3. The molecular formula is C25H20O4. The van der Waals surface area contributed by atoms with Crippen LogP contribution in [0.2, 0.25) is 0 Å². The van der Waals surface area contributed by atoms with Gasteiger partial charge in [0.25, 0.3) is 0 Å². The molecule has 0 fully saturated rings. The van der Waals surface area contributed by atoms with E-state index in [1.165, 1.54) is 0 Å². The van der Waals surface area contributed by atoms with Crippen LogP contribution in [0.4, 0.5) is 0 Å². The molecule has 0 N–H and O–H groups in total. The first-order valence-corrected chi connectivity index (χ1v) is 9.22. The van der Waals surface area contributed by atoms with Gasteiger partial charge in [-0.25, -0.2) is 4.79 Å². The lowest BCUT2D eigenvalue weighted by Crippen LogP contribution is -1.98. The van der Waals surface area contributed by atoms with Crippen molar-refractivity contribution in [2.45, 2.75) is 0 Å². The minimum Gasteiger partial charge on any atom is -0.493 e. The van der Waals surface area contributed by atoms with Crippen LogP contribution < -0.4 is 9.47 Å². The maximum Gasteiger partial charge on any atom is 0.343 e. The summed E-state index contributed by atoms with van der Waals surface area (Å²) >= 11 is 0. The third-order valence-electron chi connectivity index (χ3n) is 4.75. The molecule has 1 aliphatic heterocycles. The van der Waals surface area contributed by atoms with E-state index in [0.29, 0.717) is 22.8 Å². The Morgan fingerprint density at radius 3 is 2.14 bits per heavy atom. The summed E-state index contributed by atoms with van der Waals surface area (Å²) in [5, 5.41) is 0. The molecule has 4 heteroatoms. The van der Waals surface area contributed by atoms with E-state index in [-0.39, 0.29) is 0 Å². The van der Waals surface area contributed by atoms with Crippen LogP contribution >= 0.6 is 0 Å². The number of esters is 1. The highest BCUT2D eigenvalue weighted by Gasteiger charge is 2.23. The molecule has 3 aromatic rings. The molecule has 0 saturated heterocycles. The van der Waals surface area contributed by atoms with Crippen LogP contribution in [0.1, 0.15) is 11.1 Å². The molecule has 1 heterocycles. The topological polar surface area (TPSA) is 44.8 Å². The summed E-state index contributed by atoms with van der Waals surface area (Å²) in [5.41, 5.74) is 4.30. The first kappa shape index (κ1) is 18.6. The van der Waals surface area contributed by atoms with Gasteiger partial charge in [-0.05, 0) is 29.3 Å². The van der Waals surface area contributed by atoms with Gasteiger partial charge in [0, 0.05) is 11.1 Å². The number of rotatable bonds is 5. The maximum absolute atomic E-state index is 12.4. The van der Waals surface area contributed by atoms with E-state index in [0.717, 1.165) is 22.3 Å². The van der Waals surface area contributed by atoms with Gasteiger partial charge in [0.2, 0.25) is 0 Å². The van der Waals surface area contributed by atoms with Crippen molar-refractivity contribution in [3.63, 3.8) is 0 Å². The van der Waals surface area contributed by atoms with Crippen molar-refractivity contribution >= 4 is 17.8 Å². The number of cyclic esters (lactones) is 1. The number of carbonyl (C=O) groups is 1. The van der Waals surface area contributed by atoms with Crippen molar-refractivity contribution in [1.82, 2.24) is 0 Å². The molecular weight excluding hydrogens is 364 g/mol. The fraction of sp³-hybridized carbons (Fsp3) is 0.0800. The smallest absolute Gasteiger partial charge is 0.343 e. The molecule has 0 bridgehead atoms. The molecule has 0 unspecified atom stereocenters. The zero-order valence-corrected chi connectivity index (χ0v) is 16.2. The Morgan fingerprint density at radius 1 is 0.759 bits per heavy atom. The Balaban J connectivity index is 1.64. The molecule has 0 aliphatic carbocycles. The molecule has 0 saturated carbocycles. The quantitative estimate of drug-likeness (QED) is 0.439. The van der Waals surface area contributed by atoms with Crippen LogP contribution in [-0.4, -0.2) is 20.2 Å². The summed E-state index contributed by atoms with van der Waals surface area (Å²) in [4.78, 5) is 12.4. The normalized spacial score (nSPS) is 14.5. The Kier molecular flexibility index (Phi) is 5.16. The molecule has 3 aromatic carbocycles. The lowest BCUT2D eigenvalue weighted by atomic mass is 10.0. The van der Waals surface area contributed by atoms with E-state index in [2.05, 4.69) is 12.1 Å². The molecule has 0 spiro atoms. The zero-order chi connectivity index (χ0) is 20.2. The predicted molar refractivity (Wildman–Crippen MR) is 113 cm³/mol. The average molecular weight is 384 g/mol. The van der Waals surface area contributed by atoms with Gasteiger partial charge in [-0.15, -0.1) is 0 Å². The van der Waals surface area contributed by atoms with Crippen LogP contribution in [0.15, 0.2) is 84.4 Å². The summed E-state index contributed by atoms with van der Waals surface area (Å²) in [7, 11) is 3.15. The number of hydrogen-bond acceptors (Lipinski definition) is 4. The second-order valence-electron chi connectivity index (χ2n) is 6.52. The van der Waals surface area contributed by atoms with E-state index in [1.54, 1.807) is 26.4 Å². The van der Waals surface area contributed by atoms with Crippen molar-refractivity contribution in [2.75, 3.05) is 14.2 Å². The molecule has 144 valence electrons. The van der Waals surface area contributed by atoms with Gasteiger partial charge in [0.1, 0.15) is 5.76 Å². The fourth-order valence-electron chi connectivity index (χ4n) is 3.28. The largest absolute Gasteiger partial charge is 0.493 e. The predicted octanol–water partition coefficient (Wildman–Crippen LogP) is 5.35. The minimum absolute atomic E-state index is 0.392. The van der Waals surface area contributed by atoms with Crippen LogP contribution in [0, 0.1) is 0 Å². The highest BCUT2D eigenvalue weighted by atomic mass is 16.5. The second kappa shape index (κ2) is 8.07. The first-order chi connectivity index (χ1) is 14.2. The van der Waals surface area contributed by atoms with E-state index in [1.807, 2.05) is 60.7 Å². The van der Waals surface area contributed by atoms with Crippen LogP contribution in [0.5, 0.6) is 11.5 Å². The van der Waals surface area contributed by atoms with E-state index >= 15 is 0 Å². The third kappa shape index (κ3) is 3.78. The van der Waals surface area contributed by atoms with Crippen molar-refractivity contribution in [1.29, 1.82) is 0 Å². The molecule has 0 radical (unpaired) electrons. The molecule has 0 atom stereocenters. The third-order valence-corrected chi connectivity index (χ3v) is 4.75. The number of methoxy groups -OCH3 is 2. The summed E-state index contributed by atoms with van der Waals surface area (Å²) in [6, 6.07) is 23.6. The number of carbonyl (C=O) groups excluding carboxylic acids is 1. The maximum atomic E-state index is 12.4. The molecule has 1 aliphatic rings. The van der Waals surface area contributed by atoms with E-state index in [9.17, 15) is 4.79 Å². The van der Waals surface area contributed by atoms with Gasteiger partial charge in [-0.2, -0.15) is 0 Å². The van der Waals surface area contributed by atoms with Crippen molar-refractivity contribution in [3.8, 4) is 22.6 Å². The molecule has 29 heavy (non-hydrogen) atoms. The number of hydrogen-bond donors (Lipinski definition) is 0. The standard InChI is InChI=1S/C25H20O4/c1-27-22-10-6-9-20(24(22)28-2)15-21-16-23(29-25(21)26)19-13-11-18(12-14-19)17-7-4-3-5-8-17/h3-16H,1-2H3/b21-15+. The average Bonchev–Trinajstić information content (AvgIpc) is 3.14. The molecule has 4 nitrogen and oxygen atoms in total. The van der Waals surface area contributed by atoms with Gasteiger partial charge in [-0.3, -0.25) is 0 Å². The SMILES string of the molecule is COc1cccc(/C=C2\C=C(c3ccc(-c4ccccc4)cc3)OC2=O)c1OC. The van der Waals surface area contributed by atoms with Crippen LogP contribution in [-0.2, 0) is 9.53 Å². The summed E-state index contributed by atoms with van der Waals surface area (Å²) in [6.45, 7) is 0. The van der Waals surface area contributed by atoms with Crippen molar-refractivity contribution in [3.05, 3.63) is 95.6 Å². The highest BCUT2D eigenvalue weighted by Crippen LogP contribution is 2.34. The van der Waals surface area contributed by atoms with Crippen molar-refractivity contribution in [2.24, 2.45) is 0 Å². The molecule has 4 rings (SSSR count). The van der Waals surface area contributed by atoms with Gasteiger partial charge >= 0.3 is 5.97 Å². The highest BCUT2D eigenvalue weighted by molar-refractivity contribution is 6.05. The minimum atomic E-state index is -0.392. The summed E-state index contributed by atoms with van der Waals surface area (Å²) in [5.74, 6) is 1.32. The number of benzene rings is 3.